The van der Waals surface area contributed by atoms with Gasteiger partial charge >= 0.3 is 23.9 Å². The third kappa shape index (κ3) is 33.5. The SMILES string of the molecule is C=C(C)C(=O)O.C=C(C)C(=O)O.C=C(C)C(=O)O.C=C(C)C(=O)O.OCC(CO)(CO)CO. The monoisotopic (exact) mass is 480 g/mol. The summed E-state index contributed by atoms with van der Waals surface area (Å²) < 4.78 is 0. The van der Waals surface area contributed by atoms with E-state index in [0.717, 1.165) is 0 Å². The third-order valence-electron chi connectivity index (χ3n) is 2.80. The molecule has 0 saturated carbocycles. The van der Waals surface area contributed by atoms with Gasteiger partial charge in [0.15, 0.2) is 0 Å². The highest BCUT2D eigenvalue weighted by Crippen LogP contribution is 2.11. The first-order valence-corrected chi connectivity index (χ1v) is 8.80. The Bertz CT molecular complexity index is 511. The Hall–Kier alpha value is -3.32. The second kappa shape index (κ2) is 23.3. The standard InChI is InChI=1S/C5H12O4.4C4H6O2/c6-1-5(2-7,3-8)4-9;4*1-3(2)4(5)6/h6-9H,1-4H2;4*1H2,2H3,(H,5,6). The smallest absolute Gasteiger partial charge is 0.330 e. The van der Waals surface area contributed by atoms with Crippen molar-refractivity contribution in [1.29, 1.82) is 0 Å². The van der Waals surface area contributed by atoms with Gasteiger partial charge in [-0.15, -0.1) is 0 Å². The number of rotatable bonds is 8. The van der Waals surface area contributed by atoms with E-state index < -0.39 is 55.7 Å². The van der Waals surface area contributed by atoms with Gasteiger partial charge in [-0.05, 0) is 27.7 Å². The van der Waals surface area contributed by atoms with Crippen LogP contribution >= 0.6 is 0 Å². The van der Waals surface area contributed by atoms with Gasteiger partial charge in [-0.25, -0.2) is 19.2 Å². The van der Waals surface area contributed by atoms with E-state index in [1.54, 1.807) is 0 Å². The molecule has 192 valence electrons. The maximum absolute atomic E-state index is 9.60. The van der Waals surface area contributed by atoms with Crippen molar-refractivity contribution >= 4 is 23.9 Å². The quantitative estimate of drug-likeness (QED) is 0.222. The molecule has 12 heteroatoms. The second-order valence-electron chi connectivity index (χ2n) is 6.47. The van der Waals surface area contributed by atoms with E-state index in [4.69, 9.17) is 40.9 Å². The molecule has 0 fully saturated rings. The second-order valence-corrected chi connectivity index (χ2v) is 6.47. The summed E-state index contributed by atoms with van der Waals surface area (Å²) in [5, 5.41) is 65.6. The molecule has 0 heterocycles. The predicted molar refractivity (Wildman–Crippen MR) is 121 cm³/mol. The summed E-state index contributed by atoms with van der Waals surface area (Å²) in [5.74, 6) is -3.74. The summed E-state index contributed by atoms with van der Waals surface area (Å²) in [5.41, 5.74) is -0.407. The molecule has 0 aromatic carbocycles. The van der Waals surface area contributed by atoms with Crippen LogP contribution in [-0.4, -0.2) is 91.2 Å². The van der Waals surface area contributed by atoms with Gasteiger partial charge in [0, 0.05) is 22.3 Å². The van der Waals surface area contributed by atoms with Gasteiger partial charge in [-0.3, -0.25) is 0 Å². The van der Waals surface area contributed by atoms with E-state index in [1.165, 1.54) is 27.7 Å². The highest BCUT2D eigenvalue weighted by atomic mass is 16.4. The number of aliphatic hydroxyl groups excluding tert-OH is 4. The largest absolute Gasteiger partial charge is 0.478 e. The fraction of sp³-hybridized carbons (Fsp3) is 0.429. The summed E-state index contributed by atoms with van der Waals surface area (Å²) >= 11 is 0. The molecule has 0 atom stereocenters. The van der Waals surface area contributed by atoms with Crippen LogP contribution in [0.25, 0.3) is 0 Å². The maximum atomic E-state index is 9.60. The molecule has 0 radical (unpaired) electrons. The molecule has 0 spiro atoms. The minimum Gasteiger partial charge on any atom is -0.478 e. The van der Waals surface area contributed by atoms with Crippen LogP contribution in [0, 0.1) is 5.41 Å². The average Bonchev–Trinajstić information content (AvgIpc) is 2.71. The maximum Gasteiger partial charge on any atom is 0.330 e. The van der Waals surface area contributed by atoms with Gasteiger partial charge in [-0.2, -0.15) is 0 Å². The third-order valence-corrected chi connectivity index (χ3v) is 2.80. The first kappa shape index (κ1) is 40.1. The van der Waals surface area contributed by atoms with Crippen LogP contribution < -0.4 is 0 Å². The van der Waals surface area contributed by atoms with Crippen LogP contribution in [0.5, 0.6) is 0 Å². The van der Waals surface area contributed by atoms with Crippen LogP contribution in [0.3, 0.4) is 0 Å². The van der Waals surface area contributed by atoms with E-state index >= 15 is 0 Å². The number of hydrogen-bond acceptors (Lipinski definition) is 8. The van der Waals surface area contributed by atoms with Crippen LogP contribution in [0.4, 0.5) is 0 Å². The molecule has 33 heavy (non-hydrogen) atoms. The van der Waals surface area contributed by atoms with Crippen molar-refractivity contribution in [2.75, 3.05) is 26.4 Å². The molecule has 8 N–H and O–H groups in total. The van der Waals surface area contributed by atoms with Crippen molar-refractivity contribution in [3.63, 3.8) is 0 Å². The van der Waals surface area contributed by atoms with Crippen molar-refractivity contribution in [1.82, 2.24) is 0 Å². The lowest BCUT2D eigenvalue weighted by Crippen LogP contribution is -2.37. The summed E-state index contributed by atoms with van der Waals surface area (Å²) in [6, 6.07) is 0. The molecule has 0 bridgehead atoms. The first-order valence-electron chi connectivity index (χ1n) is 8.80. The summed E-state index contributed by atoms with van der Waals surface area (Å²) in [6.07, 6.45) is 0. The number of carboxylic acids is 4. The Morgan fingerprint density at radius 2 is 0.576 bits per heavy atom. The van der Waals surface area contributed by atoms with E-state index in [-0.39, 0.29) is 22.3 Å². The minimum atomic E-state index is -1.11. The summed E-state index contributed by atoms with van der Waals surface area (Å²) in [6.45, 7) is 16.8. The molecule has 0 aromatic heterocycles. The van der Waals surface area contributed by atoms with Crippen LogP contribution in [-0.2, 0) is 19.2 Å². The Balaban J connectivity index is -0.000000100. The summed E-state index contributed by atoms with van der Waals surface area (Å²) in [7, 11) is 0. The zero-order valence-corrected chi connectivity index (χ0v) is 19.4. The molecule has 12 nitrogen and oxygen atoms in total. The minimum absolute atomic E-state index is 0.176. The Labute approximate surface area is 192 Å². The van der Waals surface area contributed by atoms with Gasteiger partial charge in [0.05, 0.1) is 31.8 Å². The van der Waals surface area contributed by atoms with Crippen molar-refractivity contribution in [3.8, 4) is 0 Å². The Morgan fingerprint density at radius 1 is 0.485 bits per heavy atom. The summed E-state index contributed by atoms with van der Waals surface area (Å²) in [4.78, 5) is 38.4. The Kier molecular flexibility index (Phi) is 28.4. The first-order chi connectivity index (χ1) is 14.8. The zero-order chi connectivity index (χ0) is 27.9. The Morgan fingerprint density at radius 3 is 0.576 bits per heavy atom. The normalized spacial score (nSPS) is 8.73. The molecule has 0 aliphatic heterocycles. The number of carbonyl (C=O) groups is 4. The predicted octanol–water partition coefficient (Wildman–Crippen LogP) is 0.530. The lowest BCUT2D eigenvalue weighted by Gasteiger charge is -2.23. The van der Waals surface area contributed by atoms with Gasteiger partial charge in [0.1, 0.15) is 0 Å². The van der Waals surface area contributed by atoms with Gasteiger partial charge in [-0.1, -0.05) is 26.3 Å². The molecule has 0 aliphatic rings. The molecular weight excluding hydrogens is 444 g/mol. The van der Waals surface area contributed by atoms with Crippen LogP contribution in [0.15, 0.2) is 48.6 Å². The number of aliphatic carboxylic acids is 4. The topological polar surface area (TPSA) is 230 Å². The molecule has 0 unspecified atom stereocenters. The van der Waals surface area contributed by atoms with Crippen molar-refractivity contribution in [2.45, 2.75) is 27.7 Å². The van der Waals surface area contributed by atoms with Gasteiger partial charge in [0.2, 0.25) is 0 Å². The van der Waals surface area contributed by atoms with Gasteiger partial charge in [0.25, 0.3) is 0 Å². The average molecular weight is 481 g/mol. The van der Waals surface area contributed by atoms with Crippen LogP contribution in [0.2, 0.25) is 0 Å². The highest BCUT2D eigenvalue weighted by molar-refractivity contribution is 5.85. The molecular formula is C21H36O12. The number of aliphatic hydroxyl groups is 4. The van der Waals surface area contributed by atoms with E-state index in [9.17, 15) is 19.2 Å². The fourth-order valence-electron chi connectivity index (χ4n) is 0.300. The molecule has 0 aliphatic carbocycles. The van der Waals surface area contributed by atoms with Gasteiger partial charge < -0.3 is 40.9 Å². The molecule has 0 saturated heterocycles. The van der Waals surface area contributed by atoms with Crippen molar-refractivity contribution in [3.05, 3.63) is 48.6 Å². The van der Waals surface area contributed by atoms with Crippen LogP contribution in [0.1, 0.15) is 27.7 Å². The van der Waals surface area contributed by atoms with Crippen molar-refractivity contribution in [2.24, 2.45) is 5.41 Å². The van der Waals surface area contributed by atoms with E-state index in [0.29, 0.717) is 0 Å². The highest BCUT2D eigenvalue weighted by Gasteiger charge is 2.26. The lowest BCUT2D eigenvalue weighted by molar-refractivity contribution is -0.133. The van der Waals surface area contributed by atoms with E-state index in [2.05, 4.69) is 26.3 Å². The van der Waals surface area contributed by atoms with E-state index in [1.807, 2.05) is 0 Å². The number of hydrogen-bond donors (Lipinski definition) is 8. The molecule has 0 rings (SSSR count). The lowest BCUT2D eigenvalue weighted by atomic mass is 9.93. The zero-order valence-electron chi connectivity index (χ0n) is 19.4. The molecule has 0 amide bonds. The number of carboxylic acid groups (broad SMARTS) is 4. The fourth-order valence-corrected chi connectivity index (χ4v) is 0.300. The molecule has 0 aromatic rings. The van der Waals surface area contributed by atoms with Crippen molar-refractivity contribution < 1.29 is 60.0 Å².